The number of rotatable bonds is 2. The third-order valence-electron chi connectivity index (χ3n) is 8.93. The van der Waals surface area contributed by atoms with Crippen molar-refractivity contribution in [2.75, 3.05) is 0 Å². The van der Waals surface area contributed by atoms with Gasteiger partial charge < -0.3 is 0 Å². The van der Waals surface area contributed by atoms with E-state index in [0.717, 1.165) is 41.4 Å². The van der Waals surface area contributed by atoms with Crippen LogP contribution in [0.2, 0.25) is 0 Å². The highest BCUT2D eigenvalue weighted by Crippen LogP contribution is 2.69. The maximum absolute atomic E-state index is 2.65. The Kier molecular flexibility index (Phi) is 4.85. The quantitative estimate of drug-likeness (QED) is 0.501. The first-order valence-electron chi connectivity index (χ1n) is 10.2. The van der Waals surface area contributed by atoms with Crippen molar-refractivity contribution in [2.45, 2.75) is 89.0 Å². The molecule has 2 rings (SSSR count). The Morgan fingerprint density at radius 2 is 1.48 bits per heavy atom. The van der Waals surface area contributed by atoms with E-state index in [1.165, 1.54) is 12.8 Å². The van der Waals surface area contributed by atoms with Gasteiger partial charge in [0.25, 0.3) is 0 Å². The summed E-state index contributed by atoms with van der Waals surface area (Å²) >= 11 is 0. The minimum absolute atomic E-state index is 0.424. The standard InChI is InChI=1S/C23H44/c1-14-12-15(2)20-19(14)17(4)18(5)23(11,22(20,9)10)16(3)13-21(6,7)8/h14-20H,12-13H2,1-11H3/t14?,15?,16?,17?,18?,19-,20?,23?/m1/s1. The second-order valence-electron chi connectivity index (χ2n) is 11.6. The first kappa shape index (κ1) is 19.3. The smallest absolute Gasteiger partial charge is 0.0218 e. The first-order valence-corrected chi connectivity index (χ1v) is 10.2. The van der Waals surface area contributed by atoms with Crippen LogP contribution in [0.5, 0.6) is 0 Å². The van der Waals surface area contributed by atoms with Crippen LogP contribution in [-0.2, 0) is 0 Å². The molecule has 0 aromatic carbocycles. The second kappa shape index (κ2) is 5.77. The Labute approximate surface area is 147 Å². The lowest BCUT2D eigenvalue weighted by molar-refractivity contribution is -0.165. The van der Waals surface area contributed by atoms with E-state index in [0.29, 0.717) is 16.2 Å². The van der Waals surface area contributed by atoms with Gasteiger partial charge in [-0.15, -0.1) is 0 Å². The molecule has 0 spiro atoms. The molecule has 2 aliphatic carbocycles. The first-order chi connectivity index (χ1) is 10.2. The van der Waals surface area contributed by atoms with Crippen LogP contribution in [-0.4, -0.2) is 0 Å². The molecule has 0 aromatic heterocycles. The molecule has 0 radical (unpaired) electrons. The Balaban J connectivity index is 2.47. The van der Waals surface area contributed by atoms with Gasteiger partial charge in [0, 0.05) is 0 Å². The van der Waals surface area contributed by atoms with Crippen LogP contribution in [0, 0.1) is 57.7 Å². The van der Waals surface area contributed by atoms with Crippen LogP contribution in [0.4, 0.5) is 0 Å². The van der Waals surface area contributed by atoms with Crippen LogP contribution in [0.25, 0.3) is 0 Å². The molecule has 2 aliphatic rings. The molecule has 136 valence electrons. The van der Waals surface area contributed by atoms with Crippen molar-refractivity contribution < 1.29 is 0 Å². The van der Waals surface area contributed by atoms with Gasteiger partial charge in [0.15, 0.2) is 0 Å². The summed E-state index contributed by atoms with van der Waals surface area (Å²) in [5, 5.41) is 0. The second-order valence-corrected chi connectivity index (χ2v) is 11.6. The van der Waals surface area contributed by atoms with E-state index in [1.807, 2.05) is 0 Å². The highest BCUT2D eigenvalue weighted by atomic mass is 14.7. The number of hydrogen-bond acceptors (Lipinski definition) is 0. The fourth-order valence-corrected chi connectivity index (χ4v) is 7.70. The summed E-state index contributed by atoms with van der Waals surface area (Å²) in [4.78, 5) is 0. The van der Waals surface area contributed by atoms with Crippen molar-refractivity contribution >= 4 is 0 Å². The van der Waals surface area contributed by atoms with E-state index in [1.54, 1.807) is 0 Å². The molecule has 2 fully saturated rings. The van der Waals surface area contributed by atoms with E-state index in [2.05, 4.69) is 76.2 Å². The van der Waals surface area contributed by atoms with Gasteiger partial charge in [0.2, 0.25) is 0 Å². The molecular weight excluding hydrogens is 276 g/mol. The van der Waals surface area contributed by atoms with Crippen LogP contribution in [0.1, 0.15) is 89.0 Å². The van der Waals surface area contributed by atoms with Crippen LogP contribution < -0.4 is 0 Å². The topological polar surface area (TPSA) is 0 Å². The molecule has 0 bridgehead atoms. The van der Waals surface area contributed by atoms with Gasteiger partial charge in [0.1, 0.15) is 0 Å². The molecule has 0 amide bonds. The zero-order valence-corrected chi connectivity index (χ0v) is 18.0. The predicted molar refractivity (Wildman–Crippen MR) is 103 cm³/mol. The summed E-state index contributed by atoms with van der Waals surface area (Å²) in [6, 6.07) is 0. The Hall–Kier alpha value is 0. The van der Waals surface area contributed by atoms with Gasteiger partial charge in [0.05, 0.1) is 0 Å². The molecule has 7 unspecified atom stereocenters. The lowest BCUT2D eigenvalue weighted by atomic mass is 9.40. The Bertz CT molecular complexity index is 426. The summed E-state index contributed by atoms with van der Waals surface area (Å²) in [5.41, 5.74) is 1.28. The fourth-order valence-electron chi connectivity index (χ4n) is 7.70. The molecule has 0 nitrogen and oxygen atoms in total. The minimum Gasteiger partial charge on any atom is -0.0622 e. The summed E-state index contributed by atoms with van der Waals surface area (Å²) < 4.78 is 0. The average Bonchev–Trinajstić information content (AvgIpc) is 2.67. The lowest BCUT2D eigenvalue weighted by Crippen LogP contribution is -2.59. The van der Waals surface area contributed by atoms with Crippen molar-refractivity contribution in [1.29, 1.82) is 0 Å². The zero-order chi connectivity index (χ0) is 18.0. The Morgan fingerprint density at radius 3 is 1.96 bits per heavy atom. The van der Waals surface area contributed by atoms with E-state index >= 15 is 0 Å². The normalized spacial score (nSPS) is 48.1. The predicted octanol–water partition coefficient (Wildman–Crippen LogP) is 7.29. The summed E-state index contributed by atoms with van der Waals surface area (Å²) in [7, 11) is 0. The van der Waals surface area contributed by atoms with Crippen molar-refractivity contribution in [3.63, 3.8) is 0 Å². The lowest BCUT2D eigenvalue weighted by Gasteiger charge is -2.64. The Morgan fingerprint density at radius 1 is 0.957 bits per heavy atom. The molecule has 0 heteroatoms. The molecule has 0 heterocycles. The summed E-state index contributed by atoms with van der Waals surface area (Å²) in [6.45, 7) is 27.9. The van der Waals surface area contributed by atoms with E-state index in [9.17, 15) is 0 Å². The van der Waals surface area contributed by atoms with Gasteiger partial charge in [-0.25, -0.2) is 0 Å². The maximum Gasteiger partial charge on any atom is -0.0218 e. The van der Waals surface area contributed by atoms with E-state index in [-0.39, 0.29) is 0 Å². The van der Waals surface area contributed by atoms with E-state index in [4.69, 9.17) is 0 Å². The average molecular weight is 321 g/mol. The number of hydrogen-bond donors (Lipinski definition) is 0. The van der Waals surface area contributed by atoms with Crippen LogP contribution >= 0.6 is 0 Å². The van der Waals surface area contributed by atoms with Crippen LogP contribution in [0.15, 0.2) is 0 Å². The molecule has 0 aliphatic heterocycles. The van der Waals surface area contributed by atoms with Gasteiger partial charge in [-0.2, -0.15) is 0 Å². The van der Waals surface area contributed by atoms with Gasteiger partial charge in [-0.05, 0) is 70.5 Å². The molecule has 0 N–H and O–H groups in total. The SMILES string of the molecule is CC1CC(C)[C@@H]2C(C)C(C)C(C)(C(C)CC(C)(C)C)C(C)(C)C12. The fraction of sp³-hybridized carbons (Fsp3) is 1.00. The largest absolute Gasteiger partial charge is 0.0622 e. The summed E-state index contributed by atoms with van der Waals surface area (Å²) in [5.74, 6) is 6.08. The maximum atomic E-state index is 2.65. The monoisotopic (exact) mass is 320 g/mol. The van der Waals surface area contributed by atoms with Gasteiger partial charge in [-0.1, -0.05) is 76.2 Å². The molecule has 8 atom stereocenters. The van der Waals surface area contributed by atoms with Gasteiger partial charge >= 0.3 is 0 Å². The third kappa shape index (κ3) is 2.81. The third-order valence-corrected chi connectivity index (χ3v) is 8.93. The molecular formula is C23H44. The van der Waals surface area contributed by atoms with Crippen LogP contribution in [0.3, 0.4) is 0 Å². The van der Waals surface area contributed by atoms with Crippen molar-refractivity contribution in [3.8, 4) is 0 Å². The van der Waals surface area contributed by atoms with Crippen molar-refractivity contribution in [2.24, 2.45) is 57.7 Å². The molecule has 0 saturated heterocycles. The summed E-state index contributed by atoms with van der Waals surface area (Å²) in [6.07, 6.45) is 2.78. The highest BCUT2D eigenvalue weighted by Gasteiger charge is 2.63. The van der Waals surface area contributed by atoms with Crippen molar-refractivity contribution in [1.82, 2.24) is 0 Å². The highest BCUT2D eigenvalue weighted by molar-refractivity contribution is 5.11. The number of fused-ring (bicyclic) bond motifs is 1. The molecule has 23 heavy (non-hydrogen) atoms. The van der Waals surface area contributed by atoms with E-state index < -0.39 is 0 Å². The molecule has 2 saturated carbocycles. The molecule has 0 aromatic rings. The zero-order valence-electron chi connectivity index (χ0n) is 18.0. The minimum atomic E-state index is 0.424. The van der Waals surface area contributed by atoms with Gasteiger partial charge in [-0.3, -0.25) is 0 Å². The van der Waals surface area contributed by atoms with Crippen molar-refractivity contribution in [3.05, 3.63) is 0 Å².